The van der Waals surface area contributed by atoms with Crippen LogP contribution in [0.4, 0.5) is 17.1 Å². The molecule has 0 aliphatic heterocycles. The van der Waals surface area contributed by atoms with E-state index in [9.17, 15) is 0 Å². The highest BCUT2D eigenvalue weighted by atomic mass is 16.3. The number of rotatable bonds is 5. The zero-order chi connectivity index (χ0) is 37.5. The van der Waals surface area contributed by atoms with E-state index in [0.29, 0.717) is 5.92 Å². The van der Waals surface area contributed by atoms with E-state index in [4.69, 9.17) is 4.42 Å². The van der Waals surface area contributed by atoms with E-state index in [1.165, 1.54) is 77.0 Å². The molecular weight excluding hydrogens is 679 g/mol. The maximum Gasteiger partial charge on any atom is 0.135 e. The predicted octanol–water partition coefficient (Wildman–Crippen LogP) is 15.5. The number of hydrogen-bond acceptors (Lipinski definition) is 2. The van der Waals surface area contributed by atoms with Gasteiger partial charge in [0.05, 0.1) is 5.69 Å². The fraction of sp³-hybridized carbons (Fsp3) is 0.148. The van der Waals surface area contributed by atoms with Crippen LogP contribution >= 0.6 is 0 Å². The Hall–Kier alpha value is -6.38. The molecule has 0 saturated carbocycles. The number of hydrogen-bond donors (Lipinski definition) is 0. The summed E-state index contributed by atoms with van der Waals surface area (Å²) in [6.07, 6.45) is 12.4. The summed E-state index contributed by atoms with van der Waals surface area (Å²) >= 11 is 0. The maximum absolute atomic E-state index is 6.25. The maximum atomic E-state index is 6.25. The van der Waals surface area contributed by atoms with Gasteiger partial charge in [0.25, 0.3) is 0 Å². The van der Waals surface area contributed by atoms with Gasteiger partial charge < -0.3 is 9.32 Å². The van der Waals surface area contributed by atoms with E-state index in [2.05, 4.69) is 190 Å². The highest BCUT2D eigenvalue weighted by Gasteiger charge is 2.37. The molecule has 7 aromatic carbocycles. The molecule has 1 heterocycles. The van der Waals surface area contributed by atoms with Crippen LogP contribution in [0.25, 0.3) is 66.4 Å². The summed E-state index contributed by atoms with van der Waals surface area (Å²) in [6.45, 7) is 7.06. The standard InChI is InChI=1S/C54H43NO/c1-34-11-10-18-52-53(34)47-31-37(24-30-51(47)56-52)35-19-25-40(26-20-35)55(50-33-39-12-4-5-13-42(39)43-14-6-7-16-46(43)50)41-27-21-36(22-28-41)38-23-29-45-44-15-8-9-17-48(44)54(2,3)49(45)32-38/h4-7,9-10,12-14,16-34H,8,11,15H2,1-3H3. The lowest BCUT2D eigenvalue weighted by molar-refractivity contribution is 0.586. The van der Waals surface area contributed by atoms with Gasteiger partial charge >= 0.3 is 0 Å². The van der Waals surface area contributed by atoms with Crippen LogP contribution in [-0.2, 0) is 5.41 Å². The number of allylic oxidation sites excluding steroid dienone is 5. The average molecular weight is 722 g/mol. The Labute approximate surface area is 328 Å². The SMILES string of the molecule is CC1CC=Cc2oc3ccc(-c4ccc(N(c5ccc(-c6ccc7c(c6)C(C)(C)C6=C7CCC=C6)cc5)c5cc6ccccc6c6ccccc56)cc4)cc3c21. The van der Waals surface area contributed by atoms with Crippen molar-refractivity contribution in [3.63, 3.8) is 0 Å². The first-order valence-electron chi connectivity index (χ1n) is 20.1. The molecule has 0 saturated heterocycles. The second kappa shape index (κ2) is 12.6. The van der Waals surface area contributed by atoms with Crippen molar-refractivity contribution < 1.29 is 4.42 Å². The smallest absolute Gasteiger partial charge is 0.135 e. The van der Waals surface area contributed by atoms with E-state index < -0.39 is 0 Å². The molecule has 1 aromatic heterocycles. The third-order valence-corrected chi connectivity index (χ3v) is 12.8. The van der Waals surface area contributed by atoms with Gasteiger partial charge in [-0.3, -0.25) is 0 Å². The minimum Gasteiger partial charge on any atom is -0.456 e. The Morgan fingerprint density at radius 1 is 0.607 bits per heavy atom. The summed E-state index contributed by atoms with van der Waals surface area (Å²) in [5.41, 5.74) is 16.5. The molecule has 11 rings (SSSR count). The molecule has 0 amide bonds. The first kappa shape index (κ1) is 33.0. The molecule has 8 aromatic rings. The number of benzene rings is 7. The first-order valence-corrected chi connectivity index (χ1v) is 20.1. The minimum atomic E-state index is 0.0110. The third kappa shape index (κ3) is 5.09. The molecule has 1 atom stereocenters. The summed E-state index contributed by atoms with van der Waals surface area (Å²) in [5.74, 6) is 1.45. The zero-order valence-corrected chi connectivity index (χ0v) is 32.1. The monoisotopic (exact) mass is 721 g/mol. The largest absolute Gasteiger partial charge is 0.456 e. The van der Waals surface area contributed by atoms with Crippen molar-refractivity contribution >= 4 is 61.2 Å². The number of fused-ring (bicyclic) bond motifs is 8. The lowest BCUT2D eigenvalue weighted by Gasteiger charge is -2.28. The van der Waals surface area contributed by atoms with Gasteiger partial charge in [-0.2, -0.15) is 0 Å². The van der Waals surface area contributed by atoms with E-state index in [-0.39, 0.29) is 5.41 Å². The minimum absolute atomic E-state index is 0.0110. The van der Waals surface area contributed by atoms with Crippen LogP contribution < -0.4 is 4.90 Å². The first-order chi connectivity index (χ1) is 27.4. The van der Waals surface area contributed by atoms with Gasteiger partial charge in [0.1, 0.15) is 11.3 Å². The summed E-state index contributed by atoms with van der Waals surface area (Å²) in [6, 6.07) is 52.0. The highest BCUT2D eigenvalue weighted by molar-refractivity contribution is 6.14. The second-order valence-electron chi connectivity index (χ2n) is 16.4. The Bertz CT molecular complexity index is 2970. The summed E-state index contributed by atoms with van der Waals surface area (Å²) in [4.78, 5) is 2.43. The van der Waals surface area contributed by atoms with Crippen molar-refractivity contribution in [2.24, 2.45) is 0 Å². The predicted molar refractivity (Wildman–Crippen MR) is 237 cm³/mol. The zero-order valence-electron chi connectivity index (χ0n) is 32.1. The number of anilines is 3. The van der Waals surface area contributed by atoms with Gasteiger partial charge in [-0.05, 0) is 140 Å². The molecule has 2 nitrogen and oxygen atoms in total. The molecule has 0 bridgehead atoms. The third-order valence-electron chi connectivity index (χ3n) is 12.8. The van der Waals surface area contributed by atoms with Gasteiger partial charge in [0.2, 0.25) is 0 Å². The van der Waals surface area contributed by atoms with Crippen LogP contribution in [-0.4, -0.2) is 0 Å². The molecule has 1 unspecified atom stereocenters. The van der Waals surface area contributed by atoms with Gasteiger partial charge in [-0.15, -0.1) is 0 Å². The molecule has 3 aliphatic rings. The van der Waals surface area contributed by atoms with Crippen LogP contribution in [0.1, 0.15) is 68.4 Å². The molecule has 0 fully saturated rings. The van der Waals surface area contributed by atoms with Crippen LogP contribution in [0, 0.1) is 0 Å². The quantitative estimate of drug-likeness (QED) is 0.165. The number of nitrogens with zero attached hydrogens (tertiary/aromatic N) is 1. The van der Waals surface area contributed by atoms with Crippen molar-refractivity contribution in [1.29, 1.82) is 0 Å². The van der Waals surface area contributed by atoms with Crippen LogP contribution in [0.5, 0.6) is 0 Å². The van der Waals surface area contributed by atoms with E-state index in [0.717, 1.165) is 47.7 Å². The van der Waals surface area contributed by atoms with Crippen LogP contribution in [0.3, 0.4) is 0 Å². The van der Waals surface area contributed by atoms with Crippen molar-refractivity contribution in [3.8, 4) is 22.3 Å². The molecule has 270 valence electrons. The van der Waals surface area contributed by atoms with E-state index in [1.807, 2.05) is 0 Å². The van der Waals surface area contributed by atoms with Crippen molar-refractivity contribution in [2.45, 2.75) is 51.4 Å². The Balaban J connectivity index is 1.01. The second-order valence-corrected chi connectivity index (χ2v) is 16.4. The normalized spacial score (nSPS) is 16.7. The molecule has 0 N–H and O–H groups in total. The van der Waals surface area contributed by atoms with E-state index in [1.54, 1.807) is 0 Å². The molecule has 3 aliphatic carbocycles. The number of furan rings is 1. The summed E-state index contributed by atoms with van der Waals surface area (Å²) < 4.78 is 6.25. The topological polar surface area (TPSA) is 16.4 Å². The van der Waals surface area contributed by atoms with Crippen molar-refractivity contribution in [3.05, 3.63) is 186 Å². The van der Waals surface area contributed by atoms with Crippen molar-refractivity contribution in [1.82, 2.24) is 0 Å². The molecular formula is C54H43NO. The summed E-state index contributed by atoms with van der Waals surface area (Å²) in [7, 11) is 0. The van der Waals surface area contributed by atoms with Crippen molar-refractivity contribution in [2.75, 3.05) is 4.90 Å². The van der Waals surface area contributed by atoms with Gasteiger partial charge in [0.15, 0.2) is 0 Å². The van der Waals surface area contributed by atoms with Gasteiger partial charge in [-0.25, -0.2) is 0 Å². The van der Waals surface area contributed by atoms with Gasteiger partial charge in [-0.1, -0.05) is 130 Å². The Morgan fingerprint density at radius 3 is 2.04 bits per heavy atom. The highest BCUT2D eigenvalue weighted by Crippen LogP contribution is 2.51. The Morgan fingerprint density at radius 2 is 1.27 bits per heavy atom. The van der Waals surface area contributed by atoms with Crippen LogP contribution in [0.2, 0.25) is 0 Å². The lowest BCUT2D eigenvalue weighted by Crippen LogP contribution is -2.16. The van der Waals surface area contributed by atoms with Crippen LogP contribution in [0.15, 0.2) is 168 Å². The Kier molecular flexibility index (Phi) is 7.41. The fourth-order valence-electron chi connectivity index (χ4n) is 9.88. The van der Waals surface area contributed by atoms with Gasteiger partial charge in [0, 0.05) is 33.1 Å². The van der Waals surface area contributed by atoms with E-state index >= 15 is 0 Å². The fourth-order valence-corrected chi connectivity index (χ4v) is 9.88. The lowest BCUT2D eigenvalue weighted by atomic mass is 9.79. The summed E-state index contributed by atoms with van der Waals surface area (Å²) in [5, 5.41) is 6.20. The molecule has 0 spiro atoms. The molecule has 56 heavy (non-hydrogen) atoms. The average Bonchev–Trinajstić information content (AvgIpc) is 3.73. The molecule has 2 heteroatoms. The molecule has 0 radical (unpaired) electrons.